The summed E-state index contributed by atoms with van der Waals surface area (Å²) in [5.41, 5.74) is 0. The van der Waals surface area contributed by atoms with E-state index in [-0.39, 0.29) is 6.61 Å². The molecular formula is C14H19NO5. The summed E-state index contributed by atoms with van der Waals surface area (Å²) in [5, 5.41) is 11.3. The van der Waals surface area contributed by atoms with Gasteiger partial charge in [0.1, 0.15) is 17.5 Å². The third-order valence-electron chi connectivity index (χ3n) is 2.64. The van der Waals surface area contributed by atoms with E-state index in [1.165, 1.54) is 0 Å². The van der Waals surface area contributed by atoms with Crippen LogP contribution < -0.4 is 14.8 Å². The van der Waals surface area contributed by atoms with Gasteiger partial charge in [0.15, 0.2) is 6.61 Å². The Morgan fingerprint density at radius 3 is 2.35 bits per heavy atom. The molecule has 6 nitrogen and oxygen atoms in total. The lowest BCUT2D eigenvalue weighted by atomic mass is 10.2. The lowest BCUT2D eigenvalue weighted by molar-refractivity contribution is -0.142. The number of ether oxygens (including phenoxy) is 2. The molecule has 1 aromatic rings. The number of hydrogen-bond donors (Lipinski definition) is 2. The second kappa shape index (κ2) is 8.04. The van der Waals surface area contributed by atoms with E-state index in [1.54, 1.807) is 31.4 Å². The van der Waals surface area contributed by atoms with Crippen molar-refractivity contribution in [2.24, 2.45) is 0 Å². The molecule has 0 saturated carbocycles. The number of benzene rings is 1. The van der Waals surface area contributed by atoms with Crippen LogP contribution in [-0.4, -0.2) is 36.7 Å². The summed E-state index contributed by atoms with van der Waals surface area (Å²) in [5.74, 6) is -0.287. The molecule has 0 spiro atoms. The van der Waals surface area contributed by atoms with Crippen LogP contribution in [0, 0.1) is 0 Å². The van der Waals surface area contributed by atoms with Crippen LogP contribution in [0.3, 0.4) is 0 Å². The van der Waals surface area contributed by atoms with Gasteiger partial charge in [0.25, 0.3) is 5.91 Å². The molecule has 1 amide bonds. The fourth-order valence-corrected chi connectivity index (χ4v) is 1.60. The predicted octanol–water partition coefficient (Wildman–Crippen LogP) is 1.44. The van der Waals surface area contributed by atoms with Gasteiger partial charge in [0.2, 0.25) is 0 Å². The minimum atomic E-state index is -1.04. The molecule has 0 fully saturated rings. The average Bonchev–Trinajstić information content (AvgIpc) is 2.45. The maximum Gasteiger partial charge on any atom is 0.326 e. The average molecular weight is 281 g/mol. The number of aliphatic carboxylic acids is 1. The molecule has 6 heteroatoms. The number of amides is 1. The highest BCUT2D eigenvalue weighted by atomic mass is 16.5. The Morgan fingerprint density at radius 2 is 1.85 bits per heavy atom. The molecule has 0 saturated heterocycles. The zero-order chi connectivity index (χ0) is 15.0. The molecule has 0 aliphatic carbocycles. The summed E-state index contributed by atoms with van der Waals surface area (Å²) in [6, 6.07) is 5.90. The third kappa shape index (κ3) is 5.17. The van der Waals surface area contributed by atoms with Crippen molar-refractivity contribution < 1.29 is 24.2 Å². The Hall–Kier alpha value is -2.24. The molecule has 0 aromatic heterocycles. The van der Waals surface area contributed by atoms with Crippen molar-refractivity contribution in [2.45, 2.75) is 25.8 Å². The molecule has 20 heavy (non-hydrogen) atoms. The van der Waals surface area contributed by atoms with Crippen molar-refractivity contribution in [3.63, 3.8) is 0 Å². The zero-order valence-electron chi connectivity index (χ0n) is 11.6. The Balaban J connectivity index is 2.43. The molecule has 0 aliphatic rings. The van der Waals surface area contributed by atoms with Crippen LogP contribution in [0.25, 0.3) is 0 Å². The van der Waals surface area contributed by atoms with E-state index in [4.69, 9.17) is 14.6 Å². The van der Waals surface area contributed by atoms with Crippen molar-refractivity contribution in [1.29, 1.82) is 0 Å². The number of carboxylic acids is 1. The van der Waals surface area contributed by atoms with Crippen LogP contribution in [0.5, 0.6) is 11.5 Å². The molecule has 2 N–H and O–H groups in total. The van der Waals surface area contributed by atoms with E-state index < -0.39 is 17.9 Å². The molecule has 1 atom stereocenters. The minimum Gasteiger partial charge on any atom is -0.497 e. The minimum absolute atomic E-state index is 0.222. The molecule has 0 radical (unpaired) electrons. The topological polar surface area (TPSA) is 84.9 Å². The smallest absolute Gasteiger partial charge is 0.326 e. The number of rotatable bonds is 8. The normalized spacial score (nSPS) is 11.5. The van der Waals surface area contributed by atoms with Gasteiger partial charge in [-0.05, 0) is 30.7 Å². The molecule has 0 unspecified atom stereocenters. The first kappa shape index (κ1) is 15.8. The third-order valence-corrected chi connectivity index (χ3v) is 2.64. The Labute approximate surface area is 117 Å². The van der Waals surface area contributed by atoms with E-state index in [0.29, 0.717) is 24.3 Å². The number of hydrogen-bond acceptors (Lipinski definition) is 4. The van der Waals surface area contributed by atoms with Crippen LogP contribution in [0.4, 0.5) is 0 Å². The fraction of sp³-hybridized carbons (Fsp3) is 0.429. The van der Waals surface area contributed by atoms with Crippen LogP contribution >= 0.6 is 0 Å². The quantitative estimate of drug-likeness (QED) is 0.753. The fourth-order valence-electron chi connectivity index (χ4n) is 1.60. The molecule has 1 aromatic carbocycles. The summed E-state index contributed by atoms with van der Waals surface area (Å²) in [6.45, 7) is 1.63. The van der Waals surface area contributed by atoms with Gasteiger partial charge in [-0.2, -0.15) is 0 Å². The molecule has 0 heterocycles. The van der Waals surface area contributed by atoms with Gasteiger partial charge in [-0.1, -0.05) is 13.3 Å². The van der Waals surface area contributed by atoms with Gasteiger partial charge in [-0.3, -0.25) is 4.79 Å². The summed E-state index contributed by atoms with van der Waals surface area (Å²) >= 11 is 0. The van der Waals surface area contributed by atoms with Gasteiger partial charge >= 0.3 is 5.97 Å². The van der Waals surface area contributed by atoms with Crippen molar-refractivity contribution in [3.8, 4) is 11.5 Å². The molecular weight excluding hydrogens is 262 g/mol. The summed E-state index contributed by atoms with van der Waals surface area (Å²) in [4.78, 5) is 22.5. The Morgan fingerprint density at radius 1 is 1.25 bits per heavy atom. The van der Waals surface area contributed by atoms with Crippen LogP contribution in [0.1, 0.15) is 19.8 Å². The Bertz CT molecular complexity index is 443. The maximum absolute atomic E-state index is 11.6. The lowest BCUT2D eigenvalue weighted by Crippen LogP contribution is -2.42. The highest BCUT2D eigenvalue weighted by molar-refractivity contribution is 5.84. The summed E-state index contributed by atoms with van der Waals surface area (Å²) in [6.07, 6.45) is 1.07. The molecule has 0 aliphatic heterocycles. The monoisotopic (exact) mass is 281 g/mol. The molecule has 110 valence electrons. The van der Waals surface area contributed by atoms with E-state index in [1.807, 2.05) is 6.92 Å². The number of carbonyl (C=O) groups excluding carboxylic acids is 1. The number of methoxy groups -OCH3 is 1. The second-order valence-electron chi connectivity index (χ2n) is 4.21. The maximum atomic E-state index is 11.6. The van der Waals surface area contributed by atoms with Gasteiger partial charge in [-0.25, -0.2) is 4.79 Å². The van der Waals surface area contributed by atoms with Crippen molar-refractivity contribution in [1.82, 2.24) is 5.32 Å². The van der Waals surface area contributed by atoms with Crippen molar-refractivity contribution >= 4 is 11.9 Å². The first-order valence-corrected chi connectivity index (χ1v) is 6.35. The van der Waals surface area contributed by atoms with Gasteiger partial charge in [0, 0.05) is 0 Å². The van der Waals surface area contributed by atoms with Crippen LogP contribution in [-0.2, 0) is 9.59 Å². The van der Waals surface area contributed by atoms with Crippen molar-refractivity contribution in [3.05, 3.63) is 24.3 Å². The van der Waals surface area contributed by atoms with Crippen molar-refractivity contribution in [2.75, 3.05) is 13.7 Å². The van der Waals surface area contributed by atoms with Gasteiger partial charge in [0.05, 0.1) is 7.11 Å². The Kier molecular flexibility index (Phi) is 6.36. The predicted molar refractivity (Wildman–Crippen MR) is 73.0 cm³/mol. The van der Waals surface area contributed by atoms with Crippen LogP contribution in [0.15, 0.2) is 24.3 Å². The number of carbonyl (C=O) groups is 2. The highest BCUT2D eigenvalue weighted by Gasteiger charge is 2.18. The lowest BCUT2D eigenvalue weighted by Gasteiger charge is -2.14. The van der Waals surface area contributed by atoms with Gasteiger partial charge in [-0.15, -0.1) is 0 Å². The summed E-state index contributed by atoms with van der Waals surface area (Å²) in [7, 11) is 1.56. The molecule has 0 bridgehead atoms. The largest absolute Gasteiger partial charge is 0.497 e. The number of carboxylic acid groups (broad SMARTS) is 1. The summed E-state index contributed by atoms with van der Waals surface area (Å²) < 4.78 is 10.3. The SMILES string of the molecule is CCC[C@@H](NC(=O)COc1ccc(OC)cc1)C(=O)O. The van der Waals surface area contributed by atoms with E-state index in [2.05, 4.69) is 5.32 Å². The number of nitrogens with one attached hydrogen (secondary N) is 1. The van der Waals surface area contributed by atoms with E-state index in [9.17, 15) is 9.59 Å². The van der Waals surface area contributed by atoms with E-state index in [0.717, 1.165) is 0 Å². The van der Waals surface area contributed by atoms with Gasteiger partial charge < -0.3 is 19.9 Å². The molecule has 1 rings (SSSR count). The second-order valence-corrected chi connectivity index (χ2v) is 4.21. The first-order valence-electron chi connectivity index (χ1n) is 6.35. The highest BCUT2D eigenvalue weighted by Crippen LogP contribution is 2.16. The first-order chi connectivity index (χ1) is 9.56. The van der Waals surface area contributed by atoms with Crippen LogP contribution in [0.2, 0.25) is 0 Å². The van der Waals surface area contributed by atoms with E-state index >= 15 is 0 Å². The zero-order valence-corrected chi connectivity index (χ0v) is 11.6. The standard InChI is InChI=1S/C14H19NO5/c1-3-4-12(14(17)18)15-13(16)9-20-11-7-5-10(19-2)6-8-11/h5-8,12H,3-4,9H2,1-2H3,(H,15,16)(H,17,18)/t12-/m1/s1.